The molecular formula is C20H20N2O2S. The van der Waals surface area contributed by atoms with Crippen LogP contribution in [0.15, 0.2) is 67.4 Å². The lowest BCUT2D eigenvalue weighted by molar-refractivity contribution is 0.474. The van der Waals surface area contributed by atoms with Crippen LogP contribution in [-0.4, -0.2) is 4.98 Å². The van der Waals surface area contributed by atoms with Crippen molar-refractivity contribution < 1.29 is 9.47 Å². The maximum atomic E-state index is 5.89. The van der Waals surface area contributed by atoms with E-state index in [0.29, 0.717) is 10.3 Å². The second kappa shape index (κ2) is 7.96. The van der Waals surface area contributed by atoms with Gasteiger partial charge in [-0.25, -0.2) is 4.98 Å². The Labute approximate surface area is 151 Å². The molecule has 25 heavy (non-hydrogen) atoms. The highest BCUT2D eigenvalue weighted by molar-refractivity contribution is 7.15. The first-order chi connectivity index (χ1) is 12.2. The maximum Gasteiger partial charge on any atom is 0.282 e. The molecule has 4 nitrogen and oxygen atoms in total. The number of nitrogens with two attached hydrogens (primary N) is 1. The van der Waals surface area contributed by atoms with E-state index in [2.05, 4.69) is 11.6 Å². The van der Waals surface area contributed by atoms with Gasteiger partial charge in [0, 0.05) is 6.04 Å². The molecule has 3 aromatic rings. The topological polar surface area (TPSA) is 57.4 Å². The van der Waals surface area contributed by atoms with Gasteiger partial charge in [-0.15, -0.1) is 6.58 Å². The largest absolute Gasteiger partial charge is 0.445 e. The van der Waals surface area contributed by atoms with E-state index in [1.165, 1.54) is 11.3 Å². The summed E-state index contributed by atoms with van der Waals surface area (Å²) in [5.74, 6) is 1.52. The van der Waals surface area contributed by atoms with Gasteiger partial charge in [-0.2, -0.15) is 0 Å². The summed E-state index contributed by atoms with van der Waals surface area (Å²) < 4.78 is 11.7. The molecule has 5 heteroatoms. The number of aromatic nitrogens is 1. The molecule has 0 bridgehead atoms. The second-order valence-electron chi connectivity index (χ2n) is 5.61. The molecule has 1 aromatic heterocycles. The van der Waals surface area contributed by atoms with Crippen LogP contribution in [0.4, 0.5) is 0 Å². The summed E-state index contributed by atoms with van der Waals surface area (Å²) in [5.41, 5.74) is 8.00. The van der Waals surface area contributed by atoms with Gasteiger partial charge in [-0.05, 0) is 54.0 Å². The average Bonchev–Trinajstić information content (AvgIpc) is 3.04. The van der Waals surface area contributed by atoms with E-state index in [1.807, 2.05) is 61.5 Å². The highest BCUT2D eigenvalue weighted by Crippen LogP contribution is 2.35. The van der Waals surface area contributed by atoms with Crippen molar-refractivity contribution in [1.82, 2.24) is 4.98 Å². The fourth-order valence-corrected chi connectivity index (χ4v) is 2.97. The van der Waals surface area contributed by atoms with E-state index >= 15 is 0 Å². The van der Waals surface area contributed by atoms with E-state index in [1.54, 1.807) is 6.20 Å². The number of hydrogen-bond donors (Lipinski definition) is 1. The smallest absolute Gasteiger partial charge is 0.282 e. The van der Waals surface area contributed by atoms with Crippen molar-refractivity contribution in [3.63, 3.8) is 0 Å². The minimum absolute atomic E-state index is 0.00749. The Hall–Kier alpha value is -2.63. The standard InChI is InChI=1S/C20H20N2O2S/c1-3-6-16-7-4-5-8-18(16)24-20-22-13-19(25-20)23-17-11-9-15(10-12-17)14(2)21/h3-5,7-14H,1,6,21H2,2H3. The third kappa shape index (κ3) is 4.47. The van der Waals surface area contributed by atoms with E-state index in [0.717, 1.165) is 29.0 Å². The summed E-state index contributed by atoms with van der Waals surface area (Å²) in [6.07, 6.45) is 4.26. The fourth-order valence-electron chi connectivity index (χ4n) is 2.32. The molecule has 0 radical (unpaired) electrons. The number of thiazole rings is 1. The van der Waals surface area contributed by atoms with Crippen molar-refractivity contribution in [3.8, 4) is 21.8 Å². The van der Waals surface area contributed by atoms with Crippen molar-refractivity contribution >= 4 is 11.3 Å². The van der Waals surface area contributed by atoms with Gasteiger partial charge in [-0.3, -0.25) is 0 Å². The lowest BCUT2D eigenvalue weighted by Crippen LogP contribution is -2.04. The highest BCUT2D eigenvalue weighted by atomic mass is 32.1. The number of allylic oxidation sites excluding steroid dienone is 1. The van der Waals surface area contributed by atoms with Crippen molar-refractivity contribution in [3.05, 3.63) is 78.5 Å². The molecule has 2 aromatic carbocycles. The number of rotatable bonds is 7. The number of para-hydroxylation sites is 1. The number of ether oxygens (including phenoxy) is 2. The predicted octanol–water partition coefficient (Wildman–Crippen LogP) is 5.48. The van der Waals surface area contributed by atoms with Gasteiger partial charge in [0.2, 0.25) is 5.06 Å². The third-order valence-corrected chi connectivity index (χ3v) is 4.38. The zero-order valence-corrected chi connectivity index (χ0v) is 14.8. The average molecular weight is 352 g/mol. The lowest BCUT2D eigenvalue weighted by Gasteiger charge is -2.07. The van der Waals surface area contributed by atoms with Gasteiger partial charge in [0.05, 0.1) is 6.20 Å². The summed E-state index contributed by atoms with van der Waals surface area (Å²) >= 11 is 1.35. The zero-order chi connectivity index (χ0) is 17.6. The molecule has 1 unspecified atom stereocenters. The summed E-state index contributed by atoms with van der Waals surface area (Å²) in [4.78, 5) is 4.28. The van der Waals surface area contributed by atoms with Crippen molar-refractivity contribution in [2.75, 3.05) is 0 Å². The number of benzene rings is 2. The van der Waals surface area contributed by atoms with Crippen LogP contribution in [0.1, 0.15) is 24.1 Å². The van der Waals surface area contributed by atoms with Crippen LogP contribution in [0.25, 0.3) is 0 Å². The van der Waals surface area contributed by atoms with Crippen LogP contribution in [0.3, 0.4) is 0 Å². The molecule has 2 N–H and O–H groups in total. The number of nitrogens with zero attached hydrogens (tertiary/aromatic N) is 1. The van der Waals surface area contributed by atoms with Gasteiger partial charge in [-0.1, -0.05) is 36.4 Å². The van der Waals surface area contributed by atoms with Crippen LogP contribution in [0.5, 0.6) is 21.8 Å². The molecule has 0 amide bonds. The van der Waals surface area contributed by atoms with Gasteiger partial charge in [0.1, 0.15) is 11.5 Å². The molecule has 0 saturated heterocycles. The van der Waals surface area contributed by atoms with Crippen LogP contribution < -0.4 is 15.2 Å². The van der Waals surface area contributed by atoms with Crippen LogP contribution in [-0.2, 0) is 6.42 Å². The van der Waals surface area contributed by atoms with E-state index < -0.39 is 0 Å². The molecule has 0 spiro atoms. The Morgan fingerprint density at radius 3 is 2.64 bits per heavy atom. The van der Waals surface area contributed by atoms with Crippen molar-refractivity contribution in [2.45, 2.75) is 19.4 Å². The maximum absolute atomic E-state index is 5.89. The molecule has 0 aliphatic heterocycles. The van der Waals surface area contributed by atoms with E-state index in [-0.39, 0.29) is 6.04 Å². The Morgan fingerprint density at radius 2 is 1.92 bits per heavy atom. The Morgan fingerprint density at radius 1 is 1.16 bits per heavy atom. The second-order valence-corrected chi connectivity index (χ2v) is 6.56. The van der Waals surface area contributed by atoms with E-state index in [4.69, 9.17) is 15.2 Å². The van der Waals surface area contributed by atoms with Gasteiger partial charge >= 0.3 is 0 Å². The first kappa shape index (κ1) is 17.2. The molecule has 3 rings (SSSR count). The molecule has 0 aliphatic carbocycles. The summed E-state index contributed by atoms with van der Waals surface area (Å²) in [6, 6.07) is 15.6. The van der Waals surface area contributed by atoms with Crippen LogP contribution >= 0.6 is 11.3 Å². The SMILES string of the molecule is C=CCc1ccccc1Oc1ncc(Oc2ccc(C(C)N)cc2)s1. The summed E-state index contributed by atoms with van der Waals surface area (Å²) in [5, 5.41) is 1.21. The Balaban J connectivity index is 1.69. The van der Waals surface area contributed by atoms with Crippen LogP contribution in [0.2, 0.25) is 0 Å². The van der Waals surface area contributed by atoms with E-state index in [9.17, 15) is 0 Å². The predicted molar refractivity (Wildman–Crippen MR) is 102 cm³/mol. The molecule has 0 saturated carbocycles. The Kier molecular flexibility index (Phi) is 5.48. The summed E-state index contributed by atoms with van der Waals surface area (Å²) in [6.45, 7) is 5.73. The highest BCUT2D eigenvalue weighted by Gasteiger charge is 2.09. The zero-order valence-electron chi connectivity index (χ0n) is 14.0. The molecule has 0 fully saturated rings. The quantitative estimate of drug-likeness (QED) is 0.572. The van der Waals surface area contributed by atoms with Gasteiger partial charge in [0.25, 0.3) is 5.19 Å². The third-order valence-electron chi connectivity index (χ3n) is 3.62. The normalized spacial score (nSPS) is 11.8. The molecular weight excluding hydrogens is 332 g/mol. The van der Waals surface area contributed by atoms with Crippen molar-refractivity contribution in [2.24, 2.45) is 5.73 Å². The van der Waals surface area contributed by atoms with Crippen molar-refractivity contribution in [1.29, 1.82) is 0 Å². The summed E-state index contributed by atoms with van der Waals surface area (Å²) in [7, 11) is 0. The Bertz CT molecular complexity index is 841. The van der Waals surface area contributed by atoms with Gasteiger partial charge < -0.3 is 15.2 Å². The van der Waals surface area contributed by atoms with Crippen LogP contribution in [0, 0.1) is 0 Å². The number of hydrogen-bond acceptors (Lipinski definition) is 5. The molecule has 1 heterocycles. The molecule has 1 atom stereocenters. The molecule has 0 aliphatic rings. The first-order valence-electron chi connectivity index (χ1n) is 8.01. The molecule has 128 valence electrons. The van der Waals surface area contributed by atoms with Gasteiger partial charge in [0.15, 0.2) is 0 Å². The minimum atomic E-state index is 0.00749. The minimum Gasteiger partial charge on any atom is -0.445 e. The monoisotopic (exact) mass is 352 g/mol. The lowest BCUT2D eigenvalue weighted by atomic mass is 10.1. The first-order valence-corrected chi connectivity index (χ1v) is 8.83. The fraction of sp³-hybridized carbons (Fsp3) is 0.150.